The van der Waals surface area contributed by atoms with Crippen molar-refractivity contribution >= 4 is 52.0 Å². The number of fused-ring (bicyclic) bond motifs is 1. The fourth-order valence-corrected chi connectivity index (χ4v) is 4.91. The van der Waals surface area contributed by atoms with Gasteiger partial charge in [0.05, 0.1) is 23.5 Å². The van der Waals surface area contributed by atoms with Crippen LogP contribution in [-0.4, -0.2) is 70.8 Å². The summed E-state index contributed by atoms with van der Waals surface area (Å²) in [4.78, 5) is 42.3. The minimum Gasteiger partial charge on any atom is -0.427 e. The van der Waals surface area contributed by atoms with Crippen LogP contribution in [-0.2, 0) is 23.9 Å². The Labute approximate surface area is 196 Å². The Morgan fingerprint density at radius 1 is 1.34 bits per heavy atom. The van der Waals surface area contributed by atoms with Crippen LogP contribution < -0.4 is 0 Å². The number of ether oxygens (including phenoxy) is 2. The lowest BCUT2D eigenvalue weighted by Crippen LogP contribution is -2.61. The number of amides is 1. The first kappa shape index (κ1) is 24.3. The van der Waals surface area contributed by atoms with E-state index >= 15 is 0 Å². The third kappa shape index (κ3) is 4.44. The molecule has 1 amide bonds. The van der Waals surface area contributed by atoms with Gasteiger partial charge in [0.2, 0.25) is 12.7 Å². The number of carbonyl (C=O) groups excluding carboxylic acids is 3. The van der Waals surface area contributed by atoms with Crippen molar-refractivity contribution < 1.29 is 29.0 Å². The molecule has 1 aromatic rings. The van der Waals surface area contributed by atoms with Crippen molar-refractivity contribution in [3.63, 3.8) is 0 Å². The van der Waals surface area contributed by atoms with Gasteiger partial charge in [-0.2, -0.15) is 0 Å². The molecule has 1 aromatic heterocycles. The minimum absolute atomic E-state index is 0.132. The van der Waals surface area contributed by atoms with E-state index in [1.807, 2.05) is 30.4 Å². The number of esters is 2. The van der Waals surface area contributed by atoms with E-state index in [9.17, 15) is 19.5 Å². The Balaban J connectivity index is 1.87. The maximum absolute atomic E-state index is 13.0. The number of aliphatic hydroxyl groups is 1. The van der Waals surface area contributed by atoms with Gasteiger partial charge in [-0.25, -0.2) is 4.79 Å². The van der Waals surface area contributed by atoms with Gasteiger partial charge in [-0.3, -0.25) is 9.59 Å². The Morgan fingerprint density at radius 3 is 2.56 bits per heavy atom. The van der Waals surface area contributed by atoms with E-state index in [2.05, 4.69) is 0 Å². The molecule has 0 aromatic carbocycles. The van der Waals surface area contributed by atoms with E-state index in [-0.39, 0.29) is 17.6 Å². The lowest BCUT2D eigenvalue weighted by atomic mass is 9.83. The third-order valence-corrected chi connectivity index (χ3v) is 7.06. The lowest BCUT2D eigenvalue weighted by molar-refractivity contribution is -0.175. The zero-order chi connectivity index (χ0) is 24.0. The number of aliphatic hydroxyl groups excluding tert-OH is 1. The van der Waals surface area contributed by atoms with Gasteiger partial charge < -0.3 is 24.4 Å². The Bertz CT molecular complexity index is 989. The first-order chi connectivity index (χ1) is 14.8. The summed E-state index contributed by atoms with van der Waals surface area (Å²) in [6, 6.07) is 1.58. The molecular formula is C22H28N2O6S2. The number of hydrogen-bond donors (Lipinski definition) is 1. The predicted octanol–water partition coefficient (Wildman–Crippen LogP) is 2.40. The second kappa shape index (κ2) is 8.92. The molecule has 0 saturated carbocycles. The van der Waals surface area contributed by atoms with E-state index in [1.165, 1.54) is 16.2 Å². The van der Waals surface area contributed by atoms with Crippen molar-refractivity contribution in [2.24, 2.45) is 11.3 Å². The molecule has 1 saturated heterocycles. The summed E-state index contributed by atoms with van der Waals surface area (Å²) in [5, 5.41) is 11.9. The van der Waals surface area contributed by atoms with Crippen LogP contribution in [0.4, 0.5) is 0 Å². The molecule has 3 heterocycles. The van der Waals surface area contributed by atoms with Crippen molar-refractivity contribution in [1.29, 1.82) is 0 Å². The Hall–Kier alpha value is -2.30. The molecule has 32 heavy (non-hydrogen) atoms. The van der Waals surface area contributed by atoms with Gasteiger partial charge in [-0.05, 0) is 40.2 Å². The molecule has 0 spiro atoms. The van der Waals surface area contributed by atoms with E-state index < -0.39 is 36.2 Å². The van der Waals surface area contributed by atoms with E-state index in [0.717, 1.165) is 10.4 Å². The van der Waals surface area contributed by atoms with Crippen molar-refractivity contribution in [2.75, 3.05) is 20.9 Å². The summed E-state index contributed by atoms with van der Waals surface area (Å²) in [5.41, 5.74) is 0.909. The summed E-state index contributed by atoms with van der Waals surface area (Å²) in [6.07, 6.45) is -0.407. The first-order valence-corrected chi connectivity index (χ1v) is 11.5. The molecule has 0 radical (unpaired) electrons. The van der Waals surface area contributed by atoms with Gasteiger partial charge in [0.25, 0.3) is 0 Å². The molecule has 3 rings (SSSR count). The quantitative estimate of drug-likeness (QED) is 0.287. The molecule has 3 atom stereocenters. The maximum Gasteiger partial charge on any atom is 0.358 e. The zero-order valence-corrected chi connectivity index (χ0v) is 20.6. The average Bonchev–Trinajstić information content (AvgIpc) is 3.28. The molecule has 8 nitrogen and oxygen atoms in total. The number of thiophene rings is 1. The van der Waals surface area contributed by atoms with Crippen LogP contribution in [0.5, 0.6) is 0 Å². The predicted molar refractivity (Wildman–Crippen MR) is 124 cm³/mol. The van der Waals surface area contributed by atoms with Crippen LogP contribution in [0, 0.1) is 11.3 Å². The van der Waals surface area contributed by atoms with Gasteiger partial charge >= 0.3 is 11.9 Å². The van der Waals surface area contributed by atoms with Crippen LogP contribution in [0.3, 0.4) is 0 Å². The Kier molecular flexibility index (Phi) is 6.78. The summed E-state index contributed by atoms with van der Waals surface area (Å²) < 4.78 is 10.2. The zero-order valence-electron chi connectivity index (χ0n) is 19.0. The normalized spacial score (nSPS) is 21.1. The molecule has 0 aliphatic carbocycles. The van der Waals surface area contributed by atoms with E-state index in [4.69, 9.17) is 21.7 Å². The average molecular weight is 481 g/mol. The maximum atomic E-state index is 13.0. The topological polar surface area (TPSA) is 96.4 Å². The summed E-state index contributed by atoms with van der Waals surface area (Å²) in [6.45, 7) is 6.11. The standard InChI is InChI=1S/C22H28N2O6S2/c1-11(25)16-14-8-13(15-7-12(9-32-15)19(31)23(5)6)17(24(14)18(16)26)20(27)29-10-30-21(28)22(2,3)4/h7,9,11,14,16,25H,8,10H2,1-6H3/t11-,14-,16-/m1/s1. The number of β-lactam (4-membered cyclic amide) rings is 1. The molecule has 2 aliphatic heterocycles. The highest BCUT2D eigenvalue weighted by Gasteiger charge is 2.57. The van der Waals surface area contributed by atoms with Crippen molar-refractivity contribution in [2.45, 2.75) is 46.3 Å². The van der Waals surface area contributed by atoms with Crippen LogP contribution in [0.15, 0.2) is 17.1 Å². The van der Waals surface area contributed by atoms with Crippen molar-refractivity contribution in [3.8, 4) is 0 Å². The summed E-state index contributed by atoms with van der Waals surface area (Å²) in [5.74, 6) is -2.14. The second-order valence-corrected chi connectivity index (χ2v) is 10.5. The molecule has 174 valence electrons. The molecule has 2 aliphatic rings. The number of carbonyl (C=O) groups is 3. The smallest absolute Gasteiger partial charge is 0.358 e. The fourth-order valence-electron chi connectivity index (χ4n) is 3.77. The molecule has 0 bridgehead atoms. The van der Waals surface area contributed by atoms with E-state index in [0.29, 0.717) is 17.0 Å². The van der Waals surface area contributed by atoms with Crippen LogP contribution >= 0.6 is 23.6 Å². The molecule has 0 unspecified atom stereocenters. The van der Waals surface area contributed by atoms with Gasteiger partial charge in [0.15, 0.2) is 0 Å². The Morgan fingerprint density at radius 2 is 2.00 bits per heavy atom. The minimum atomic E-state index is -0.826. The molecular weight excluding hydrogens is 452 g/mol. The number of thiocarbonyl (C=S) groups is 1. The van der Waals surface area contributed by atoms with Gasteiger partial charge in [0.1, 0.15) is 10.7 Å². The SMILES string of the molecule is C[C@@H](O)[C@H]1C(=O)N2C(C(=O)OCOC(=O)C(C)(C)C)=C(c3cc(C(=S)N(C)C)cs3)C[C@H]12. The first-order valence-electron chi connectivity index (χ1n) is 10.2. The molecule has 1 N–H and O–H groups in total. The molecule has 10 heteroatoms. The van der Waals surface area contributed by atoms with Gasteiger partial charge in [-0.15, -0.1) is 11.3 Å². The van der Waals surface area contributed by atoms with Crippen molar-refractivity contribution in [3.05, 3.63) is 27.6 Å². The number of rotatable bonds is 6. The van der Waals surface area contributed by atoms with Crippen LogP contribution in [0.1, 0.15) is 44.6 Å². The largest absolute Gasteiger partial charge is 0.427 e. The highest BCUT2D eigenvalue weighted by atomic mass is 32.1. The summed E-state index contributed by atoms with van der Waals surface area (Å²) in [7, 11) is 3.71. The monoisotopic (exact) mass is 480 g/mol. The fraction of sp³-hybridized carbons (Fsp3) is 0.545. The van der Waals surface area contributed by atoms with E-state index in [1.54, 1.807) is 27.7 Å². The third-order valence-electron chi connectivity index (χ3n) is 5.46. The second-order valence-electron chi connectivity index (χ2n) is 9.20. The number of nitrogens with zero attached hydrogens (tertiary/aromatic N) is 2. The van der Waals surface area contributed by atoms with Crippen molar-refractivity contribution in [1.82, 2.24) is 9.80 Å². The van der Waals surface area contributed by atoms with Crippen LogP contribution in [0.25, 0.3) is 5.57 Å². The lowest BCUT2D eigenvalue weighted by Gasteiger charge is -2.44. The number of hydrogen-bond acceptors (Lipinski definition) is 8. The van der Waals surface area contributed by atoms with Gasteiger partial charge in [0, 0.05) is 35.5 Å². The molecule has 1 fully saturated rings. The summed E-state index contributed by atoms with van der Waals surface area (Å²) >= 11 is 6.86. The highest BCUT2D eigenvalue weighted by Crippen LogP contribution is 2.48. The van der Waals surface area contributed by atoms with Gasteiger partial charge in [-0.1, -0.05) is 12.2 Å². The highest BCUT2D eigenvalue weighted by molar-refractivity contribution is 7.80. The van der Waals surface area contributed by atoms with Crippen LogP contribution in [0.2, 0.25) is 0 Å².